The van der Waals surface area contributed by atoms with Gasteiger partial charge in [-0.3, -0.25) is 9.59 Å². The molecule has 0 radical (unpaired) electrons. The molecule has 0 unspecified atom stereocenters. The molecule has 1 aromatic rings. The fourth-order valence-electron chi connectivity index (χ4n) is 4.78. The number of nitrogens with zero attached hydrogens (tertiary/aromatic N) is 2. The van der Waals surface area contributed by atoms with Crippen molar-refractivity contribution in [2.75, 3.05) is 0 Å². The van der Waals surface area contributed by atoms with Crippen molar-refractivity contribution in [3.8, 4) is 0 Å². The van der Waals surface area contributed by atoms with Crippen molar-refractivity contribution in [2.24, 2.45) is 40.6 Å². The summed E-state index contributed by atoms with van der Waals surface area (Å²) in [6.07, 6.45) is 6.91. The first-order valence-corrected chi connectivity index (χ1v) is 8.87. The van der Waals surface area contributed by atoms with Gasteiger partial charge in [0.15, 0.2) is 0 Å². The van der Waals surface area contributed by atoms with Crippen LogP contribution in [0.4, 0.5) is 0 Å². The van der Waals surface area contributed by atoms with Crippen molar-refractivity contribution in [3.63, 3.8) is 0 Å². The third-order valence-electron chi connectivity index (χ3n) is 5.91. The first-order valence-electron chi connectivity index (χ1n) is 8.11. The molecule has 5 aliphatic rings. The minimum absolute atomic E-state index is 0.170. The van der Waals surface area contributed by atoms with E-state index in [1.165, 1.54) is 6.21 Å². The van der Waals surface area contributed by atoms with Gasteiger partial charge in [0, 0.05) is 10.6 Å². The molecule has 2 amide bonds. The monoisotopic (exact) mass is 360 g/mol. The predicted octanol–water partition coefficient (Wildman–Crippen LogP) is 3.38. The number of imide groups is 1. The van der Waals surface area contributed by atoms with E-state index in [0.717, 1.165) is 11.4 Å². The van der Waals surface area contributed by atoms with Gasteiger partial charge in [-0.2, -0.15) is 10.1 Å². The van der Waals surface area contributed by atoms with Crippen LogP contribution < -0.4 is 0 Å². The van der Waals surface area contributed by atoms with E-state index in [2.05, 4.69) is 17.3 Å². The molecule has 24 heavy (non-hydrogen) atoms. The van der Waals surface area contributed by atoms with Crippen LogP contribution in [0.3, 0.4) is 0 Å². The van der Waals surface area contributed by atoms with Crippen LogP contribution in [-0.2, 0) is 9.59 Å². The van der Waals surface area contributed by atoms with Crippen LogP contribution >= 0.6 is 23.2 Å². The Hall–Kier alpha value is -1.65. The summed E-state index contributed by atoms with van der Waals surface area (Å²) in [6, 6.07) is 5.02. The molecule has 1 saturated heterocycles. The zero-order valence-corrected chi connectivity index (χ0v) is 14.1. The maximum Gasteiger partial charge on any atom is 0.254 e. The van der Waals surface area contributed by atoms with E-state index in [9.17, 15) is 9.59 Å². The zero-order chi connectivity index (χ0) is 16.6. The third-order valence-corrected chi connectivity index (χ3v) is 6.48. The number of allylic oxidation sites excluding steroid dienone is 2. The lowest BCUT2D eigenvalue weighted by atomic mass is 9.63. The second kappa shape index (κ2) is 4.93. The molecule has 6 heteroatoms. The molecular weight excluding hydrogens is 347 g/mol. The molecule has 2 saturated carbocycles. The average Bonchev–Trinajstić information content (AvgIpc) is 3.33. The molecule has 6 rings (SSSR count). The smallest absolute Gasteiger partial charge is 0.254 e. The highest BCUT2D eigenvalue weighted by molar-refractivity contribution is 6.36. The van der Waals surface area contributed by atoms with Crippen molar-refractivity contribution in [1.82, 2.24) is 5.01 Å². The van der Waals surface area contributed by atoms with Crippen LogP contribution in [0.5, 0.6) is 0 Å². The summed E-state index contributed by atoms with van der Waals surface area (Å²) in [5.41, 5.74) is 0.625. The van der Waals surface area contributed by atoms with Crippen LogP contribution in [0.1, 0.15) is 12.0 Å². The van der Waals surface area contributed by atoms with Crippen molar-refractivity contribution in [2.45, 2.75) is 6.42 Å². The molecule has 2 bridgehead atoms. The maximum absolute atomic E-state index is 12.8. The number of hydrogen-bond acceptors (Lipinski definition) is 3. The number of carbonyl (C=O) groups is 2. The van der Waals surface area contributed by atoms with Crippen LogP contribution in [0.15, 0.2) is 35.5 Å². The number of amides is 2. The van der Waals surface area contributed by atoms with E-state index in [1.807, 2.05) is 0 Å². The lowest BCUT2D eigenvalue weighted by Gasteiger charge is -2.37. The molecule has 1 heterocycles. The van der Waals surface area contributed by atoms with Crippen LogP contribution in [-0.4, -0.2) is 23.0 Å². The van der Waals surface area contributed by atoms with Crippen molar-refractivity contribution < 1.29 is 9.59 Å². The Morgan fingerprint density at radius 3 is 2.25 bits per heavy atom. The first-order chi connectivity index (χ1) is 11.6. The quantitative estimate of drug-likeness (QED) is 0.461. The molecule has 0 N–H and O–H groups in total. The van der Waals surface area contributed by atoms with Gasteiger partial charge in [0.1, 0.15) is 0 Å². The topological polar surface area (TPSA) is 49.7 Å². The van der Waals surface area contributed by atoms with Crippen molar-refractivity contribution >= 4 is 41.2 Å². The van der Waals surface area contributed by atoms with Gasteiger partial charge in [-0.05, 0) is 42.2 Å². The number of hydrogen-bond donors (Lipinski definition) is 0. The van der Waals surface area contributed by atoms with Gasteiger partial charge in [-0.25, -0.2) is 0 Å². The lowest BCUT2D eigenvalue weighted by molar-refractivity contribution is -0.140. The normalized spacial score (nSPS) is 38.8. The van der Waals surface area contributed by atoms with Gasteiger partial charge >= 0.3 is 0 Å². The summed E-state index contributed by atoms with van der Waals surface area (Å²) >= 11 is 12.0. The second-order valence-corrected chi connectivity index (χ2v) is 7.90. The highest BCUT2D eigenvalue weighted by Crippen LogP contribution is 2.65. The molecule has 6 atom stereocenters. The second-order valence-electron chi connectivity index (χ2n) is 7.05. The SMILES string of the molecule is O=C1[C@@H]2[C@H]3C=C[C@@H]([C@@H]4C[C@H]34)[C@H]2C(=O)N1N=Cc1ccc(Cl)cc1Cl. The van der Waals surface area contributed by atoms with Crippen LogP contribution in [0.2, 0.25) is 10.0 Å². The van der Waals surface area contributed by atoms with Gasteiger partial charge < -0.3 is 0 Å². The Kier molecular flexibility index (Phi) is 3.01. The average molecular weight is 361 g/mol. The van der Waals surface area contributed by atoms with Crippen molar-refractivity contribution in [3.05, 3.63) is 46.0 Å². The highest BCUT2D eigenvalue weighted by atomic mass is 35.5. The summed E-state index contributed by atoms with van der Waals surface area (Å²) in [4.78, 5) is 25.5. The van der Waals surface area contributed by atoms with Crippen molar-refractivity contribution in [1.29, 1.82) is 0 Å². The lowest BCUT2D eigenvalue weighted by Crippen LogP contribution is -2.40. The van der Waals surface area contributed by atoms with E-state index in [-0.39, 0.29) is 35.5 Å². The van der Waals surface area contributed by atoms with E-state index in [4.69, 9.17) is 23.2 Å². The molecule has 4 aliphatic carbocycles. The highest BCUT2D eigenvalue weighted by Gasteiger charge is 2.67. The summed E-state index contributed by atoms with van der Waals surface area (Å²) < 4.78 is 0. The van der Waals surface area contributed by atoms with E-state index < -0.39 is 0 Å². The van der Waals surface area contributed by atoms with Gasteiger partial charge in [0.05, 0.1) is 23.1 Å². The number of hydrazone groups is 1. The molecule has 122 valence electrons. The largest absolute Gasteiger partial charge is 0.272 e. The Labute approximate surface area is 149 Å². The molecule has 4 nitrogen and oxygen atoms in total. The van der Waals surface area contributed by atoms with Crippen LogP contribution in [0.25, 0.3) is 0 Å². The fraction of sp³-hybridized carbons (Fsp3) is 0.389. The standard InChI is InChI=1S/C18H14Cl2N2O2/c19-9-2-1-8(14(20)5-9)7-21-22-17(23)15-10-3-4-11(13-6-12(10)13)16(15)18(22)24/h1-5,7,10-13,15-16H,6H2/t10-,11-,12-,13+,15+,16+/m0/s1. The first kappa shape index (κ1) is 14.7. The summed E-state index contributed by atoms with van der Waals surface area (Å²) in [5, 5.41) is 6.18. The van der Waals surface area contributed by atoms with Gasteiger partial charge in [0.2, 0.25) is 0 Å². The summed E-state index contributed by atoms with van der Waals surface area (Å²) in [7, 11) is 0. The van der Waals surface area contributed by atoms with E-state index in [1.54, 1.807) is 18.2 Å². The molecule has 0 aromatic heterocycles. The molecule has 0 spiro atoms. The molecular formula is C18H14Cl2N2O2. The number of halogens is 2. The van der Waals surface area contributed by atoms with E-state index in [0.29, 0.717) is 27.4 Å². The number of benzene rings is 1. The molecule has 1 aromatic carbocycles. The van der Waals surface area contributed by atoms with Gasteiger partial charge in [0.25, 0.3) is 11.8 Å². The van der Waals surface area contributed by atoms with Gasteiger partial charge in [-0.15, -0.1) is 0 Å². The third kappa shape index (κ3) is 1.90. The Bertz CT molecular complexity index is 798. The Balaban J connectivity index is 1.45. The van der Waals surface area contributed by atoms with Crippen LogP contribution in [0, 0.1) is 35.5 Å². The Morgan fingerprint density at radius 1 is 1.04 bits per heavy atom. The zero-order valence-electron chi connectivity index (χ0n) is 12.6. The number of rotatable bonds is 2. The minimum atomic E-state index is -0.228. The summed E-state index contributed by atoms with van der Waals surface area (Å²) in [6.45, 7) is 0. The number of carbonyl (C=O) groups excluding carboxylic acids is 2. The predicted molar refractivity (Wildman–Crippen MR) is 90.6 cm³/mol. The minimum Gasteiger partial charge on any atom is -0.272 e. The molecule has 1 aliphatic heterocycles. The molecule has 3 fully saturated rings. The maximum atomic E-state index is 12.8. The van der Waals surface area contributed by atoms with E-state index >= 15 is 0 Å². The summed E-state index contributed by atoms with van der Waals surface area (Å²) in [5.74, 6) is 0.803. The Morgan fingerprint density at radius 2 is 1.67 bits per heavy atom. The van der Waals surface area contributed by atoms with Gasteiger partial charge in [-0.1, -0.05) is 41.4 Å². The fourth-order valence-corrected chi connectivity index (χ4v) is 5.24.